The molecule has 108 valence electrons. The van der Waals surface area contributed by atoms with Gasteiger partial charge in [-0.25, -0.2) is 0 Å². The van der Waals surface area contributed by atoms with Crippen LogP contribution in [0.1, 0.15) is 52.0 Å². The van der Waals surface area contributed by atoms with Crippen molar-refractivity contribution in [3.8, 4) is 5.75 Å². The Balaban J connectivity index is 2.39. The van der Waals surface area contributed by atoms with Crippen molar-refractivity contribution in [3.63, 3.8) is 0 Å². The molecule has 0 saturated heterocycles. The van der Waals surface area contributed by atoms with Gasteiger partial charge < -0.3 is 10.1 Å². The van der Waals surface area contributed by atoms with E-state index in [1.54, 1.807) is 0 Å². The molecule has 0 aromatic heterocycles. The molecule has 0 spiro atoms. The molecule has 1 unspecified atom stereocenters. The molecule has 0 amide bonds. The van der Waals surface area contributed by atoms with Crippen LogP contribution in [-0.2, 0) is 6.42 Å². The third kappa shape index (κ3) is 6.63. The first-order valence-corrected chi connectivity index (χ1v) is 7.75. The van der Waals surface area contributed by atoms with Gasteiger partial charge in [0.25, 0.3) is 0 Å². The zero-order valence-corrected chi connectivity index (χ0v) is 12.7. The van der Waals surface area contributed by atoms with Crippen LogP contribution in [0.5, 0.6) is 5.75 Å². The summed E-state index contributed by atoms with van der Waals surface area (Å²) in [4.78, 5) is 0. The molecule has 0 bridgehead atoms. The molecule has 0 aliphatic carbocycles. The molecule has 0 fully saturated rings. The van der Waals surface area contributed by atoms with E-state index in [9.17, 15) is 0 Å². The van der Waals surface area contributed by atoms with E-state index in [2.05, 4.69) is 43.4 Å². The molecule has 1 aromatic carbocycles. The van der Waals surface area contributed by atoms with Gasteiger partial charge in [-0.05, 0) is 56.8 Å². The molecule has 0 heterocycles. The summed E-state index contributed by atoms with van der Waals surface area (Å²) in [6, 6.07) is 9.19. The van der Waals surface area contributed by atoms with Crippen LogP contribution in [0.4, 0.5) is 0 Å². The average molecular weight is 263 g/mol. The van der Waals surface area contributed by atoms with Crippen molar-refractivity contribution < 1.29 is 4.74 Å². The molecule has 2 heteroatoms. The molecule has 0 radical (unpaired) electrons. The first-order valence-electron chi connectivity index (χ1n) is 7.75. The second kappa shape index (κ2) is 9.85. The van der Waals surface area contributed by atoms with Crippen molar-refractivity contribution in [3.05, 3.63) is 29.8 Å². The molecule has 0 aliphatic rings. The van der Waals surface area contributed by atoms with Crippen LogP contribution in [0.3, 0.4) is 0 Å². The Morgan fingerprint density at radius 3 is 2.32 bits per heavy atom. The Kier molecular flexibility index (Phi) is 8.31. The van der Waals surface area contributed by atoms with E-state index in [1.807, 2.05) is 6.92 Å². The number of aryl methyl sites for hydroxylation is 1. The van der Waals surface area contributed by atoms with Gasteiger partial charge in [-0.15, -0.1) is 0 Å². The zero-order chi connectivity index (χ0) is 13.9. The maximum Gasteiger partial charge on any atom is 0.119 e. The van der Waals surface area contributed by atoms with Crippen LogP contribution < -0.4 is 10.1 Å². The predicted molar refractivity (Wildman–Crippen MR) is 82.9 cm³/mol. The average Bonchev–Trinajstić information content (AvgIpc) is 2.44. The van der Waals surface area contributed by atoms with E-state index in [1.165, 1.54) is 31.2 Å². The monoisotopic (exact) mass is 263 g/mol. The van der Waals surface area contributed by atoms with Crippen molar-refractivity contribution in [1.29, 1.82) is 0 Å². The largest absolute Gasteiger partial charge is 0.494 e. The van der Waals surface area contributed by atoms with Gasteiger partial charge in [0.2, 0.25) is 0 Å². The molecule has 2 nitrogen and oxygen atoms in total. The lowest BCUT2D eigenvalue weighted by Gasteiger charge is -2.17. The van der Waals surface area contributed by atoms with Gasteiger partial charge in [0.05, 0.1) is 6.61 Å². The minimum atomic E-state index is 0.663. The first kappa shape index (κ1) is 16.0. The van der Waals surface area contributed by atoms with Gasteiger partial charge in [0.1, 0.15) is 5.75 Å². The Morgan fingerprint density at radius 1 is 1.00 bits per heavy atom. The second-order valence-corrected chi connectivity index (χ2v) is 5.06. The van der Waals surface area contributed by atoms with Gasteiger partial charge in [0, 0.05) is 6.04 Å². The van der Waals surface area contributed by atoms with Gasteiger partial charge in [-0.3, -0.25) is 0 Å². The highest BCUT2D eigenvalue weighted by Crippen LogP contribution is 2.14. The van der Waals surface area contributed by atoms with Crippen LogP contribution in [0, 0.1) is 0 Å². The third-order valence-corrected chi connectivity index (χ3v) is 3.34. The first-order chi connectivity index (χ1) is 9.30. The highest BCUT2D eigenvalue weighted by Gasteiger charge is 2.06. The summed E-state index contributed by atoms with van der Waals surface area (Å²) < 4.78 is 5.47. The number of hydrogen-bond donors (Lipinski definition) is 1. The molecule has 1 rings (SSSR count). The number of ether oxygens (including phenoxy) is 1. The van der Waals surface area contributed by atoms with Crippen LogP contribution >= 0.6 is 0 Å². The fourth-order valence-electron chi connectivity index (χ4n) is 2.31. The molecule has 1 aromatic rings. The molecular formula is C17H29NO. The van der Waals surface area contributed by atoms with E-state index in [4.69, 9.17) is 4.74 Å². The van der Waals surface area contributed by atoms with Crippen molar-refractivity contribution >= 4 is 0 Å². The van der Waals surface area contributed by atoms with Crippen molar-refractivity contribution in [2.75, 3.05) is 13.2 Å². The number of benzene rings is 1. The normalized spacial score (nSPS) is 12.4. The maximum atomic E-state index is 5.47. The Labute approximate surface area is 118 Å². The highest BCUT2D eigenvalue weighted by molar-refractivity contribution is 5.27. The van der Waals surface area contributed by atoms with E-state index >= 15 is 0 Å². The molecule has 0 aliphatic heterocycles. The zero-order valence-electron chi connectivity index (χ0n) is 12.7. The Morgan fingerprint density at radius 2 is 1.74 bits per heavy atom. The van der Waals surface area contributed by atoms with Crippen LogP contribution in [0.2, 0.25) is 0 Å². The van der Waals surface area contributed by atoms with E-state index in [0.29, 0.717) is 6.04 Å². The number of rotatable bonds is 10. The summed E-state index contributed by atoms with van der Waals surface area (Å²) in [6.07, 6.45) is 6.11. The van der Waals surface area contributed by atoms with Crippen LogP contribution in [0.25, 0.3) is 0 Å². The third-order valence-electron chi connectivity index (χ3n) is 3.34. The molecular weight excluding hydrogens is 234 g/mol. The standard InChI is InChI=1S/C17H29NO/c1-4-7-16(18-14-5-2)11-8-15-9-12-17(13-10-15)19-6-3/h9-10,12-13,16,18H,4-8,11,14H2,1-3H3. The van der Waals surface area contributed by atoms with Gasteiger partial charge >= 0.3 is 0 Å². The molecule has 19 heavy (non-hydrogen) atoms. The maximum absolute atomic E-state index is 5.47. The number of nitrogens with one attached hydrogen (secondary N) is 1. The fourth-order valence-corrected chi connectivity index (χ4v) is 2.31. The lowest BCUT2D eigenvalue weighted by atomic mass is 10.0. The van der Waals surface area contributed by atoms with Gasteiger partial charge in [0.15, 0.2) is 0 Å². The van der Waals surface area contributed by atoms with Crippen LogP contribution in [0.15, 0.2) is 24.3 Å². The Bertz CT molecular complexity index is 321. The summed E-state index contributed by atoms with van der Waals surface area (Å²) in [7, 11) is 0. The number of hydrogen-bond acceptors (Lipinski definition) is 2. The van der Waals surface area contributed by atoms with Gasteiger partial charge in [-0.1, -0.05) is 32.4 Å². The summed E-state index contributed by atoms with van der Waals surface area (Å²) in [5.74, 6) is 0.973. The minimum absolute atomic E-state index is 0.663. The minimum Gasteiger partial charge on any atom is -0.494 e. The molecule has 1 atom stereocenters. The summed E-state index contributed by atoms with van der Waals surface area (Å²) in [6.45, 7) is 8.37. The summed E-state index contributed by atoms with van der Waals surface area (Å²) in [5, 5.41) is 3.65. The van der Waals surface area contributed by atoms with Gasteiger partial charge in [-0.2, -0.15) is 0 Å². The quantitative estimate of drug-likeness (QED) is 0.683. The lowest BCUT2D eigenvalue weighted by Crippen LogP contribution is -2.30. The van der Waals surface area contributed by atoms with Crippen LogP contribution in [-0.4, -0.2) is 19.2 Å². The summed E-state index contributed by atoms with van der Waals surface area (Å²) in [5.41, 5.74) is 1.41. The predicted octanol–water partition coefficient (Wildman–Crippen LogP) is 4.19. The van der Waals surface area contributed by atoms with Crippen molar-refractivity contribution in [1.82, 2.24) is 5.32 Å². The lowest BCUT2D eigenvalue weighted by molar-refractivity contribution is 0.340. The molecule has 1 N–H and O–H groups in total. The van der Waals surface area contributed by atoms with Crippen molar-refractivity contribution in [2.24, 2.45) is 0 Å². The SMILES string of the molecule is CCCNC(CCC)CCc1ccc(OCC)cc1. The van der Waals surface area contributed by atoms with Crippen molar-refractivity contribution in [2.45, 2.75) is 58.9 Å². The topological polar surface area (TPSA) is 21.3 Å². The van der Waals surface area contributed by atoms with E-state index in [0.717, 1.165) is 25.3 Å². The Hall–Kier alpha value is -1.02. The van der Waals surface area contributed by atoms with E-state index in [-0.39, 0.29) is 0 Å². The fraction of sp³-hybridized carbons (Fsp3) is 0.647. The highest BCUT2D eigenvalue weighted by atomic mass is 16.5. The van der Waals surface area contributed by atoms with E-state index < -0.39 is 0 Å². The second-order valence-electron chi connectivity index (χ2n) is 5.06. The smallest absolute Gasteiger partial charge is 0.119 e. The molecule has 0 saturated carbocycles. The summed E-state index contributed by atoms with van der Waals surface area (Å²) >= 11 is 0.